The number of nitrogens with zero attached hydrogens (tertiary/aromatic N) is 2. The SMILES string of the molecule is CN(CC(F)(F)F)C(=O)c1cc(N)cnc1Cl. The highest BCUT2D eigenvalue weighted by molar-refractivity contribution is 6.32. The van der Waals surface area contributed by atoms with Crippen molar-refractivity contribution < 1.29 is 18.0 Å². The van der Waals surface area contributed by atoms with Gasteiger partial charge in [0.1, 0.15) is 11.7 Å². The van der Waals surface area contributed by atoms with Gasteiger partial charge in [-0.25, -0.2) is 4.98 Å². The lowest BCUT2D eigenvalue weighted by Crippen LogP contribution is -2.36. The Bertz CT molecular complexity index is 436. The number of hydrogen-bond donors (Lipinski definition) is 1. The maximum absolute atomic E-state index is 12.1. The van der Waals surface area contributed by atoms with E-state index in [-0.39, 0.29) is 16.4 Å². The molecule has 1 rings (SSSR count). The van der Waals surface area contributed by atoms with Crippen LogP contribution in [-0.2, 0) is 0 Å². The molecule has 0 bridgehead atoms. The molecule has 0 aromatic carbocycles. The molecule has 0 aliphatic carbocycles. The zero-order chi connectivity index (χ0) is 13.2. The number of carbonyl (C=O) groups is 1. The van der Waals surface area contributed by atoms with Crippen molar-refractivity contribution in [2.24, 2.45) is 0 Å². The van der Waals surface area contributed by atoms with Gasteiger partial charge in [-0.15, -0.1) is 0 Å². The van der Waals surface area contributed by atoms with Gasteiger partial charge < -0.3 is 10.6 Å². The maximum atomic E-state index is 12.1. The predicted octanol–water partition coefficient (Wildman–Crippen LogP) is 1.95. The van der Waals surface area contributed by atoms with E-state index in [1.54, 1.807) is 0 Å². The van der Waals surface area contributed by atoms with Crippen molar-refractivity contribution in [3.05, 3.63) is 23.0 Å². The summed E-state index contributed by atoms with van der Waals surface area (Å²) in [6.45, 7) is -1.36. The number of aromatic nitrogens is 1. The predicted molar refractivity (Wildman–Crippen MR) is 56.7 cm³/mol. The molecule has 0 saturated carbocycles. The summed E-state index contributed by atoms with van der Waals surface area (Å²) in [4.78, 5) is 15.7. The highest BCUT2D eigenvalue weighted by Crippen LogP contribution is 2.20. The molecule has 0 spiro atoms. The van der Waals surface area contributed by atoms with E-state index in [0.29, 0.717) is 4.90 Å². The summed E-state index contributed by atoms with van der Waals surface area (Å²) in [5.41, 5.74) is 5.38. The Morgan fingerprint density at radius 2 is 2.18 bits per heavy atom. The first-order chi connectivity index (χ1) is 7.70. The van der Waals surface area contributed by atoms with Crippen LogP contribution in [0.15, 0.2) is 12.3 Å². The number of anilines is 1. The number of hydrogen-bond acceptors (Lipinski definition) is 3. The summed E-state index contributed by atoms with van der Waals surface area (Å²) in [5, 5.41) is -0.182. The molecule has 1 amide bonds. The van der Waals surface area contributed by atoms with E-state index in [0.717, 1.165) is 7.05 Å². The number of amides is 1. The molecule has 0 unspecified atom stereocenters. The summed E-state index contributed by atoms with van der Waals surface area (Å²) in [6.07, 6.45) is -3.26. The quantitative estimate of drug-likeness (QED) is 0.833. The summed E-state index contributed by atoms with van der Waals surface area (Å²) in [7, 11) is 1.02. The van der Waals surface area contributed by atoms with Gasteiger partial charge in [0.15, 0.2) is 0 Å². The van der Waals surface area contributed by atoms with Crippen molar-refractivity contribution in [3.63, 3.8) is 0 Å². The molecule has 2 N–H and O–H groups in total. The fourth-order valence-corrected chi connectivity index (χ4v) is 1.34. The second kappa shape index (κ2) is 4.79. The molecule has 4 nitrogen and oxygen atoms in total. The number of alkyl halides is 3. The monoisotopic (exact) mass is 267 g/mol. The molecule has 1 aromatic rings. The minimum absolute atomic E-state index is 0.151. The standard InChI is InChI=1S/C9H9ClF3N3O/c1-16(4-9(11,12)13)8(17)6-2-5(14)3-15-7(6)10/h2-3H,4,14H2,1H3. The number of nitrogens with two attached hydrogens (primary N) is 1. The third-order valence-electron chi connectivity index (χ3n) is 1.85. The first-order valence-corrected chi connectivity index (χ1v) is 4.82. The number of halogens is 4. The van der Waals surface area contributed by atoms with Crippen molar-refractivity contribution in [1.82, 2.24) is 9.88 Å². The summed E-state index contributed by atoms with van der Waals surface area (Å²) in [6, 6.07) is 1.19. The Morgan fingerprint density at radius 3 is 2.71 bits per heavy atom. The molecule has 0 radical (unpaired) electrons. The Hall–Kier alpha value is -1.50. The Balaban J connectivity index is 2.93. The number of nitrogen functional groups attached to an aromatic ring is 1. The van der Waals surface area contributed by atoms with Crippen LogP contribution in [0.4, 0.5) is 18.9 Å². The van der Waals surface area contributed by atoms with E-state index in [4.69, 9.17) is 17.3 Å². The third-order valence-corrected chi connectivity index (χ3v) is 2.15. The third kappa shape index (κ3) is 3.77. The van der Waals surface area contributed by atoms with Crippen molar-refractivity contribution in [1.29, 1.82) is 0 Å². The average molecular weight is 268 g/mol. The summed E-state index contributed by atoms with van der Waals surface area (Å²) >= 11 is 5.61. The average Bonchev–Trinajstić information content (AvgIpc) is 2.18. The topological polar surface area (TPSA) is 59.2 Å². The Labute approximate surface area is 100 Å². The first-order valence-electron chi connectivity index (χ1n) is 4.44. The maximum Gasteiger partial charge on any atom is 0.406 e. The van der Waals surface area contributed by atoms with E-state index in [2.05, 4.69) is 4.98 Å². The van der Waals surface area contributed by atoms with Crippen molar-refractivity contribution in [3.8, 4) is 0 Å². The zero-order valence-electron chi connectivity index (χ0n) is 8.75. The molecule has 0 aliphatic rings. The van der Waals surface area contributed by atoms with Crippen molar-refractivity contribution >= 4 is 23.2 Å². The van der Waals surface area contributed by atoms with Crippen LogP contribution < -0.4 is 5.73 Å². The van der Waals surface area contributed by atoms with E-state index in [9.17, 15) is 18.0 Å². The van der Waals surface area contributed by atoms with E-state index < -0.39 is 18.6 Å². The van der Waals surface area contributed by atoms with Gasteiger partial charge in [-0.1, -0.05) is 11.6 Å². The zero-order valence-corrected chi connectivity index (χ0v) is 9.51. The van der Waals surface area contributed by atoms with Gasteiger partial charge in [0.05, 0.1) is 17.4 Å². The van der Waals surface area contributed by atoms with Gasteiger partial charge in [-0.3, -0.25) is 4.79 Å². The molecule has 0 saturated heterocycles. The molecular formula is C9H9ClF3N3O. The van der Waals surface area contributed by atoms with Crippen LogP contribution in [-0.4, -0.2) is 35.6 Å². The second-order valence-corrected chi connectivity index (χ2v) is 3.74. The van der Waals surface area contributed by atoms with Crippen LogP contribution in [0.1, 0.15) is 10.4 Å². The van der Waals surface area contributed by atoms with Gasteiger partial charge >= 0.3 is 6.18 Å². The van der Waals surface area contributed by atoms with E-state index in [1.165, 1.54) is 12.3 Å². The fourth-order valence-electron chi connectivity index (χ4n) is 1.16. The number of rotatable bonds is 2. The van der Waals surface area contributed by atoms with Gasteiger partial charge in [0.25, 0.3) is 5.91 Å². The lowest BCUT2D eigenvalue weighted by atomic mass is 10.2. The number of pyridine rings is 1. The first kappa shape index (κ1) is 13.6. The normalized spacial score (nSPS) is 11.4. The Morgan fingerprint density at radius 1 is 1.59 bits per heavy atom. The largest absolute Gasteiger partial charge is 0.406 e. The van der Waals surface area contributed by atoms with Crippen LogP contribution in [0.3, 0.4) is 0 Å². The minimum atomic E-state index is -4.47. The molecule has 0 aliphatic heterocycles. The molecule has 1 aromatic heterocycles. The minimum Gasteiger partial charge on any atom is -0.397 e. The highest BCUT2D eigenvalue weighted by atomic mass is 35.5. The molecule has 1 heterocycles. The van der Waals surface area contributed by atoms with Crippen molar-refractivity contribution in [2.45, 2.75) is 6.18 Å². The van der Waals surface area contributed by atoms with Gasteiger partial charge in [-0.05, 0) is 6.07 Å². The molecule has 8 heteroatoms. The van der Waals surface area contributed by atoms with E-state index in [1.807, 2.05) is 0 Å². The molecule has 17 heavy (non-hydrogen) atoms. The van der Waals surface area contributed by atoms with Crippen LogP contribution in [0.2, 0.25) is 5.15 Å². The molecule has 0 atom stereocenters. The van der Waals surface area contributed by atoms with Gasteiger partial charge in [0, 0.05) is 7.05 Å². The number of carbonyl (C=O) groups excluding carboxylic acids is 1. The molecule has 0 fully saturated rings. The van der Waals surface area contributed by atoms with Crippen LogP contribution in [0.25, 0.3) is 0 Å². The van der Waals surface area contributed by atoms with E-state index >= 15 is 0 Å². The lowest BCUT2D eigenvalue weighted by molar-refractivity contribution is -0.138. The van der Waals surface area contributed by atoms with Crippen LogP contribution in [0, 0.1) is 0 Å². The summed E-state index contributed by atoms with van der Waals surface area (Å²) < 4.78 is 36.3. The molecule has 94 valence electrons. The molecular weight excluding hydrogens is 259 g/mol. The fraction of sp³-hybridized carbons (Fsp3) is 0.333. The van der Waals surface area contributed by atoms with Crippen molar-refractivity contribution in [2.75, 3.05) is 19.3 Å². The second-order valence-electron chi connectivity index (χ2n) is 3.38. The van der Waals surface area contributed by atoms with Crippen LogP contribution >= 0.6 is 11.6 Å². The lowest BCUT2D eigenvalue weighted by Gasteiger charge is -2.19. The Kier molecular flexibility index (Phi) is 3.82. The van der Waals surface area contributed by atoms with Gasteiger partial charge in [0.2, 0.25) is 0 Å². The van der Waals surface area contributed by atoms with Gasteiger partial charge in [-0.2, -0.15) is 13.2 Å². The smallest absolute Gasteiger partial charge is 0.397 e. The van der Waals surface area contributed by atoms with Crippen LogP contribution in [0.5, 0.6) is 0 Å². The highest BCUT2D eigenvalue weighted by Gasteiger charge is 2.32. The summed E-state index contributed by atoms with van der Waals surface area (Å²) in [5.74, 6) is -0.882.